The van der Waals surface area contributed by atoms with Crippen LogP contribution in [0.3, 0.4) is 0 Å². The second-order valence-corrected chi connectivity index (χ2v) is 3.74. The number of aliphatic hydroxyl groups is 1. The quantitative estimate of drug-likeness (QED) is 0.833. The molecule has 0 aliphatic heterocycles. The van der Waals surface area contributed by atoms with E-state index in [9.17, 15) is 9.50 Å². The van der Waals surface area contributed by atoms with Gasteiger partial charge in [0.05, 0.1) is 11.1 Å². The molecule has 1 nitrogen and oxygen atoms in total. The number of aliphatic hydroxyl groups excluding tert-OH is 1. The largest absolute Gasteiger partial charge is 0.387 e. The van der Waals surface area contributed by atoms with Crippen molar-refractivity contribution in [3.05, 3.63) is 40.9 Å². The summed E-state index contributed by atoms with van der Waals surface area (Å²) in [5.41, 5.74) is 0.401. The summed E-state index contributed by atoms with van der Waals surface area (Å²) >= 11 is 5.75. The van der Waals surface area contributed by atoms with Crippen LogP contribution in [-0.2, 0) is 0 Å². The summed E-state index contributed by atoms with van der Waals surface area (Å²) in [5.74, 6) is -0.543. The van der Waals surface area contributed by atoms with E-state index in [4.69, 9.17) is 11.6 Å². The average Bonchev–Trinajstić information content (AvgIpc) is 2.28. The van der Waals surface area contributed by atoms with Crippen LogP contribution in [-0.4, -0.2) is 11.2 Å². The van der Waals surface area contributed by atoms with Crippen LogP contribution in [0.2, 0.25) is 0 Å². The van der Waals surface area contributed by atoms with Crippen LogP contribution in [0.1, 0.15) is 25.3 Å². The lowest BCUT2D eigenvalue weighted by atomic mass is 10.1. The van der Waals surface area contributed by atoms with Crippen molar-refractivity contribution in [2.75, 3.05) is 0 Å². The van der Waals surface area contributed by atoms with Gasteiger partial charge in [0, 0.05) is 5.56 Å². The molecule has 15 heavy (non-hydrogen) atoms. The molecular formula is C12H14ClFO. The molecule has 0 aliphatic rings. The molecular weight excluding hydrogens is 215 g/mol. The van der Waals surface area contributed by atoms with Crippen molar-refractivity contribution in [2.24, 2.45) is 0 Å². The maximum atomic E-state index is 13.7. The van der Waals surface area contributed by atoms with Crippen molar-refractivity contribution in [1.82, 2.24) is 0 Å². The van der Waals surface area contributed by atoms with Gasteiger partial charge < -0.3 is 5.11 Å². The smallest absolute Gasteiger partial charge is 0.147 e. The fourth-order valence-electron chi connectivity index (χ4n) is 1.27. The van der Waals surface area contributed by atoms with E-state index in [2.05, 4.69) is 0 Å². The van der Waals surface area contributed by atoms with Crippen molar-refractivity contribution in [1.29, 1.82) is 0 Å². The first-order valence-corrected chi connectivity index (χ1v) is 5.33. The highest BCUT2D eigenvalue weighted by Crippen LogP contribution is 2.26. The molecule has 1 atom stereocenters. The van der Waals surface area contributed by atoms with Crippen molar-refractivity contribution >= 4 is 17.4 Å². The molecule has 1 aromatic carbocycles. The van der Waals surface area contributed by atoms with Gasteiger partial charge in [-0.25, -0.2) is 4.39 Å². The maximum Gasteiger partial charge on any atom is 0.147 e. The zero-order valence-corrected chi connectivity index (χ0v) is 9.34. The summed E-state index contributed by atoms with van der Waals surface area (Å²) < 4.78 is 13.7. The minimum Gasteiger partial charge on any atom is -0.387 e. The molecule has 0 saturated carbocycles. The number of halogens is 2. The summed E-state index contributed by atoms with van der Waals surface area (Å²) in [5, 5.41) is 9.41. The van der Waals surface area contributed by atoms with E-state index in [1.54, 1.807) is 30.3 Å². The molecule has 0 aliphatic carbocycles. The fourth-order valence-corrected chi connectivity index (χ4v) is 1.49. The zero-order valence-electron chi connectivity index (χ0n) is 8.58. The van der Waals surface area contributed by atoms with Gasteiger partial charge >= 0.3 is 0 Å². The molecule has 0 fully saturated rings. The number of hydrogen-bond acceptors (Lipinski definition) is 1. The number of benzene rings is 1. The molecule has 0 bridgehead atoms. The van der Waals surface area contributed by atoms with Gasteiger partial charge in [-0.3, -0.25) is 0 Å². The Balaban J connectivity index is 2.90. The van der Waals surface area contributed by atoms with Crippen molar-refractivity contribution in [3.63, 3.8) is 0 Å². The zero-order chi connectivity index (χ0) is 11.3. The third-order valence-electron chi connectivity index (χ3n) is 2.09. The van der Waals surface area contributed by atoms with E-state index >= 15 is 0 Å². The molecule has 82 valence electrons. The molecule has 0 radical (unpaired) electrons. The molecule has 1 aromatic rings. The van der Waals surface area contributed by atoms with Crippen LogP contribution in [0.15, 0.2) is 35.4 Å². The molecule has 0 heterocycles. The van der Waals surface area contributed by atoms with Gasteiger partial charge in [-0.05, 0) is 6.42 Å². The van der Waals surface area contributed by atoms with Crippen molar-refractivity contribution in [2.45, 2.75) is 25.9 Å². The summed E-state index contributed by atoms with van der Waals surface area (Å²) in [6.45, 7) is 1.91. The molecule has 1 rings (SSSR count). The lowest BCUT2D eigenvalue weighted by molar-refractivity contribution is 0.206. The first kappa shape index (κ1) is 12.2. The lowest BCUT2D eigenvalue weighted by Gasteiger charge is -2.09. The van der Waals surface area contributed by atoms with E-state index in [1.807, 2.05) is 6.92 Å². The van der Waals surface area contributed by atoms with Gasteiger partial charge in [0.25, 0.3) is 0 Å². The Labute approximate surface area is 94.2 Å². The van der Waals surface area contributed by atoms with E-state index in [0.717, 1.165) is 6.42 Å². The minimum atomic E-state index is -0.906. The van der Waals surface area contributed by atoms with Gasteiger partial charge in [-0.1, -0.05) is 55.3 Å². The highest BCUT2D eigenvalue weighted by atomic mass is 35.5. The Kier molecular flexibility index (Phi) is 4.79. The van der Waals surface area contributed by atoms with Crippen molar-refractivity contribution < 1.29 is 9.50 Å². The molecule has 1 unspecified atom stereocenters. The first-order valence-electron chi connectivity index (χ1n) is 4.95. The van der Waals surface area contributed by atoms with Gasteiger partial charge in [0.1, 0.15) is 5.83 Å². The molecule has 0 aromatic heterocycles. The highest BCUT2D eigenvalue weighted by Gasteiger charge is 2.14. The van der Waals surface area contributed by atoms with Gasteiger partial charge in [0.2, 0.25) is 0 Å². The van der Waals surface area contributed by atoms with Crippen LogP contribution in [0.25, 0.3) is 5.83 Å². The lowest BCUT2D eigenvalue weighted by Crippen LogP contribution is -2.06. The normalized spacial score (nSPS) is 14.7. The Bertz CT molecular complexity index is 335. The van der Waals surface area contributed by atoms with Crippen LogP contribution < -0.4 is 0 Å². The Hall–Kier alpha value is -0.860. The monoisotopic (exact) mass is 228 g/mol. The summed E-state index contributed by atoms with van der Waals surface area (Å²) in [6, 6.07) is 8.50. The highest BCUT2D eigenvalue weighted by molar-refractivity contribution is 6.32. The molecule has 0 saturated heterocycles. The van der Waals surface area contributed by atoms with Crippen LogP contribution in [0.5, 0.6) is 0 Å². The van der Waals surface area contributed by atoms with E-state index in [-0.39, 0.29) is 5.03 Å². The second kappa shape index (κ2) is 5.89. The third kappa shape index (κ3) is 3.33. The Morgan fingerprint density at radius 3 is 2.53 bits per heavy atom. The second-order valence-electron chi connectivity index (χ2n) is 3.33. The molecule has 0 spiro atoms. The first-order chi connectivity index (χ1) is 7.16. The summed E-state index contributed by atoms with van der Waals surface area (Å²) in [4.78, 5) is 0. The molecule has 3 heteroatoms. The topological polar surface area (TPSA) is 20.2 Å². The summed E-state index contributed by atoms with van der Waals surface area (Å²) in [7, 11) is 0. The van der Waals surface area contributed by atoms with Crippen LogP contribution in [0, 0.1) is 0 Å². The fraction of sp³-hybridized carbons (Fsp3) is 0.333. The van der Waals surface area contributed by atoms with E-state index in [0.29, 0.717) is 12.0 Å². The predicted octanol–water partition coefficient (Wildman–Crippen LogP) is 3.72. The SMILES string of the molecule is CCCC(O)/C(Cl)=C(/F)c1ccccc1. The summed E-state index contributed by atoms with van der Waals surface area (Å²) in [6.07, 6.45) is 0.329. The minimum absolute atomic E-state index is 0.108. The maximum absolute atomic E-state index is 13.7. The molecule has 1 N–H and O–H groups in total. The standard InChI is InChI=1S/C12H14ClFO/c1-2-6-10(15)11(13)12(14)9-7-4-3-5-8-9/h3-5,7-8,10,15H,2,6H2,1H3/b12-11-. The average molecular weight is 229 g/mol. The van der Waals surface area contributed by atoms with Crippen LogP contribution >= 0.6 is 11.6 Å². The van der Waals surface area contributed by atoms with E-state index in [1.165, 1.54) is 0 Å². The number of hydrogen-bond donors (Lipinski definition) is 1. The van der Waals surface area contributed by atoms with E-state index < -0.39 is 11.9 Å². The van der Waals surface area contributed by atoms with Gasteiger partial charge in [-0.2, -0.15) is 0 Å². The van der Waals surface area contributed by atoms with Gasteiger partial charge in [0.15, 0.2) is 0 Å². The number of rotatable bonds is 4. The van der Waals surface area contributed by atoms with Crippen LogP contribution in [0.4, 0.5) is 4.39 Å². The van der Waals surface area contributed by atoms with Crippen molar-refractivity contribution in [3.8, 4) is 0 Å². The molecule has 0 amide bonds. The Morgan fingerprint density at radius 1 is 1.40 bits per heavy atom. The Morgan fingerprint density at radius 2 is 2.00 bits per heavy atom. The predicted molar refractivity (Wildman–Crippen MR) is 61.2 cm³/mol. The van der Waals surface area contributed by atoms with Gasteiger partial charge in [-0.15, -0.1) is 0 Å². The third-order valence-corrected chi connectivity index (χ3v) is 2.51.